The molecule has 0 aromatic rings. The lowest BCUT2D eigenvalue weighted by atomic mass is 10.0. The summed E-state index contributed by atoms with van der Waals surface area (Å²) in [5.41, 5.74) is 0. The van der Waals surface area contributed by atoms with E-state index < -0.39 is 0 Å². The molecule has 346 valence electrons. The number of esters is 2. The van der Waals surface area contributed by atoms with E-state index in [-0.39, 0.29) is 24.6 Å². The standard InChI is InChI=1S/C54H106O4/c1-5-7-9-11-13-15-17-19-21-23-28-32-36-40-44-48-53(55)57-50-52(47-43-39-35-31-27-25-26-30-34-38-42-46-51(3)4)58-54(56)49-45-41-37-33-29-24-22-20-18-16-14-12-10-8-6-2/h51-52H,5-50H2,1-4H3. The molecule has 1 atom stereocenters. The fourth-order valence-corrected chi connectivity index (χ4v) is 8.48. The molecule has 0 amide bonds. The van der Waals surface area contributed by atoms with Crippen LogP contribution in [0.2, 0.25) is 0 Å². The fraction of sp³-hybridized carbons (Fsp3) is 0.963. The third-order valence-corrected chi connectivity index (χ3v) is 12.5. The number of ether oxygens (including phenoxy) is 2. The van der Waals surface area contributed by atoms with Gasteiger partial charge in [-0.05, 0) is 31.6 Å². The Kier molecular flexibility index (Phi) is 47.7. The van der Waals surface area contributed by atoms with Crippen molar-refractivity contribution in [3.8, 4) is 0 Å². The van der Waals surface area contributed by atoms with Gasteiger partial charge in [0, 0.05) is 12.8 Å². The molecule has 0 aliphatic carbocycles. The highest BCUT2D eigenvalue weighted by atomic mass is 16.6. The largest absolute Gasteiger partial charge is 0.462 e. The summed E-state index contributed by atoms with van der Waals surface area (Å²) >= 11 is 0. The van der Waals surface area contributed by atoms with Crippen molar-refractivity contribution in [3.05, 3.63) is 0 Å². The van der Waals surface area contributed by atoms with Crippen molar-refractivity contribution in [3.63, 3.8) is 0 Å². The van der Waals surface area contributed by atoms with Gasteiger partial charge in [0.2, 0.25) is 0 Å². The average molecular weight is 819 g/mol. The van der Waals surface area contributed by atoms with Gasteiger partial charge in [0.05, 0.1) is 0 Å². The third kappa shape index (κ3) is 47.6. The smallest absolute Gasteiger partial charge is 0.306 e. The van der Waals surface area contributed by atoms with E-state index in [1.165, 1.54) is 231 Å². The van der Waals surface area contributed by atoms with Crippen molar-refractivity contribution in [1.29, 1.82) is 0 Å². The van der Waals surface area contributed by atoms with E-state index in [0.717, 1.165) is 50.9 Å². The predicted octanol–water partition coefficient (Wildman–Crippen LogP) is 18.7. The zero-order chi connectivity index (χ0) is 42.3. The first-order valence-electron chi connectivity index (χ1n) is 26.8. The Morgan fingerprint density at radius 3 is 0.897 bits per heavy atom. The van der Waals surface area contributed by atoms with Crippen LogP contribution in [0.25, 0.3) is 0 Å². The number of rotatable bonds is 49. The molecule has 0 spiro atoms. The Bertz CT molecular complexity index is 809. The first kappa shape index (κ1) is 56.9. The van der Waals surface area contributed by atoms with Crippen molar-refractivity contribution in [2.45, 2.75) is 323 Å². The number of carbonyl (C=O) groups excluding carboxylic acids is 2. The van der Waals surface area contributed by atoms with E-state index in [1.807, 2.05) is 0 Å². The quantitative estimate of drug-likeness (QED) is 0.0453. The Labute approximate surface area is 365 Å². The Hall–Kier alpha value is -1.06. The maximum atomic E-state index is 12.8. The topological polar surface area (TPSA) is 52.6 Å². The summed E-state index contributed by atoms with van der Waals surface area (Å²) < 4.78 is 11.7. The number of carbonyl (C=O) groups is 2. The van der Waals surface area contributed by atoms with Crippen LogP contribution in [-0.2, 0) is 19.1 Å². The lowest BCUT2D eigenvalue weighted by molar-refractivity contribution is -0.159. The predicted molar refractivity (Wildman–Crippen MR) is 255 cm³/mol. The number of hydrogen-bond donors (Lipinski definition) is 0. The van der Waals surface area contributed by atoms with Gasteiger partial charge in [-0.15, -0.1) is 0 Å². The average Bonchev–Trinajstić information content (AvgIpc) is 3.21. The monoisotopic (exact) mass is 819 g/mol. The van der Waals surface area contributed by atoms with Gasteiger partial charge in [-0.3, -0.25) is 9.59 Å². The summed E-state index contributed by atoms with van der Waals surface area (Å²) in [6, 6.07) is 0. The minimum Gasteiger partial charge on any atom is -0.462 e. The molecule has 0 aromatic carbocycles. The zero-order valence-electron chi connectivity index (χ0n) is 40.3. The van der Waals surface area contributed by atoms with Crippen LogP contribution in [0.15, 0.2) is 0 Å². The third-order valence-electron chi connectivity index (χ3n) is 12.5. The molecule has 0 aliphatic heterocycles. The van der Waals surface area contributed by atoms with Crippen molar-refractivity contribution in [1.82, 2.24) is 0 Å². The van der Waals surface area contributed by atoms with Crippen LogP contribution >= 0.6 is 0 Å². The van der Waals surface area contributed by atoms with Gasteiger partial charge in [0.1, 0.15) is 12.7 Å². The second kappa shape index (κ2) is 48.6. The molecule has 58 heavy (non-hydrogen) atoms. The van der Waals surface area contributed by atoms with E-state index in [0.29, 0.717) is 12.8 Å². The first-order valence-corrected chi connectivity index (χ1v) is 26.8. The summed E-state index contributed by atoms with van der Waals surface area (Å²) in [6.07, 6.45) is 56.8. The van der Waals surface area contributed by atoms with Gasteiger partial charge in [-0.25, -0.2) is 0 Å². The van der Waals surface area contributed by atoms with E-state index in [4.69, 9.17) is 9.47 Å². The van der Waals surface area contributed by atoms with Crippen LogP contribution in [0.5, 0.6) is 0 Å². The SMILES string of the molecule is CCCCCCCCCCCCCCCCCC(=O)OCC(CCCCCCCCCCCCCC(C)C)OC(=O)CCCCCCCCCCCCCCCCC. The normalized spacial score (nSPS) is 12.1. The maximum absolute atomic E-state index is 12.8. The molecule has 0 saturated carbocycles. The van der Waals surface area contributed by atoms with Gasteiger partial charge >= 0.3 is 11.9 Å². The molecule has 0 heterocycles. The highest BCUT2D eigenvalue weighted by Crippen LogP contribution is 2.18. The maximum Gasteiger partial charge on any atom is 0.306 e. The van der Waals surface area contributed by atoms with Crippen LogP contribution in [-0.4, -0.2) is 24.6 Å². The van der Waals surface area contributed by atoms with Crippen molar-refractivity contribution in [2.75, 3.05) is 6.61 Å². The van der Waals surface area contributed by atoms with E-state index in [1.54, 1.807) is 0 Å². The Balaban J connectivity index is 4.18. The van der Waals surface area contributed by atoms with Crippen molar-refractivity contribution >= 4 is 11.9 Å². The van der Waals surface area contributed by atoms with Gasteiger partial charge in [0.15, 0.2) is 0 Å². The molecular weight excluding hydrogens is 713 g/mol. The molecule has 0 aromatic heterocycles. The lowest BCUT2D eigenvalue weighted by Gasteiger charge is -2.18. The van der Waals surface area contributed by atoms with Crippen LogP contribution in [0.1, 0.15) is 317 Å². The van der Waals surface area contributed by atoms with Gasteiger partial charge in [-0.1, -0.05) is 278 Å². The lowest BCUT2D eigenvalue weighted by Crippen LogP contribution is -2.25. The van der Waals surface area contributed by atoms with E-state index in [9.17, 15) is 9.59 Å². The molecule has 0 bridgehead atoms. The van der Waals surface area contributed by atoms with Crippen molar-refractivity contribution in [2.24, 2.45) is 5.92 Å². The molecule has 0 saturated heterocycles. The first-order chi connectivity index (χ1) is 28.5. The second-order valence-electron chi connectivity index (χ2n) is 19.1. The number of hydrogen-bond acceptors (Lipinski definition) is 4. The van der Waals surface area contributed by atoms with Crippen LogP contribution in [0.4, 0.5) is 0 Å². The molecule has 4 nitrogen and oxygen atoms in total. The Morgan fingerprint density at radius 1 is 0.328 bits per heavy atom. The van der Waals surface area contributed by atoms with Crippen LogP contribution in [0, 0.1) is 5.92 Å². The van der Waals surface area contributed by atoms with Gasteiger partial charge in [-0.2, -0.15) is 0 Å². The minimum atomic E-state index is -0.301. The molecule has 0 fully saturated rings. The summed E-state index contributed by atoms with van der Waals surface area (Å²) in [7, 11) is 0. The molecule has 0 radical (unpaired) electrons. The van der Waals surface area contributed by atoms with Gasteiger partial charge < -0.3 is 9.47 Å². The minimum absolute atomic E-state index is 0.109. The number of unbranched alkanes of at least 4 members (excludes halogenated alkanes) is 38. The summed E-state index contributed by atoms with van der Waals surface area (Å²) in [5, 5.41) is 0. The molecule has 0 rings (SSSR count). The van der Waals surface area contributed by atoms with Gasteiger partial charge in [0.25, 0.3) is 0 Å². The van der Waals surface area contributed by atoms with Crippen molar-refractivity contribution < 1.29 is 19.1 Å². The molecule has 4 heteroatoms. The molecule has 0 aliphatic rings. The summed E-state index contributed by atoms with van der Waals surface area (Å²) in [5.74, 6) is 0.606. The Morgan fingerprint density at radius 2 is 0.586 bits per heavy atom. The van der Waals surface area contributed by atoms with Crippen LogP contribution < -0.4 is 0 Å². The van der Waals surface area contributed by atoms with E-state index >= 15 is 0 Å². The summed E-state index contributed by atoms with van der Waals surface area (Å²) in [4.78, 5) is 25.5. The molecular formula is C54H106O4. The summed E-state index contributed by atoms with van der Waals surface area (Å²) in [6.45, 7) is 9.45. The fourth-order valence-electron chi connectivity index (χ4n) is 8.48. The zero-order valence-corrected chi connectivity index (χ0v) is 40.3. The highest BCUT2D eigenvalue weighted by molar-refractivity contribution is 5.70. The van der Waals surface area contributed by atoms with Crippen LogP contribution in [0.3, 0.4) is 0 Å². The van der Waals surface area contributed by atoms with E-state index in [2.05, 4.69) is 27.7 Å². The highest BCUT2D eigenvalue weighted by Gasteiger charge is 2.17. The molecule has 0 N–H and O–H groups in total. The molecule has 1 unspecified atom stereocenters. The second-order valence-corrected chi connectivity index (χ2v) is 19.1.